The lowest BCUT2D eigenvalue weighted by molar-refractivity contribution is -0.453. The Morgan fingerprint density at radius 2 is 1.62 bits per heavy atom. The first kappa shape index (κ1) is 18.1. The van der Waals surface area contributed by atoms with Gasteiger partial charge in [0.15, 0.2) is 0 Å². The third kappa shape index (κ3) is 4.86. The quantitative estimate of drug-likeness (QED) is 0.460. The van der Waals surface area contributed by atoms with E-state index in [0.717, 1.165) is 19.3 Å². The van der Waals surface area contributed by atoms with Gasteiger partial charge in [-0.2, -0.15) is 0 Å². The van der Waals surface area contributed by atoms with E-state index in [1.54, 1.807) is 12.1 Å². The van der Waals surface area contributed by atoms with Crippen LogP contribution in [0.5, 0.6) is 5.75 Å². The Bertz CT molecular complexity index is 545. The molecular weight excluding hydrogens is 316 g/mol. The number of carbonyl (C=O) groups excluding carboxylic acids is 2. The number of hydrogen-bond donors (Lipinski definition) is 0. The van der Waals surface area contributed by atoms with Crippen molar-refractivity contribution in [2.24, 2.45) is 11.8 Å². The molecule has 2 unspecified atom stereocenters. The van der Waals surface area contributed by atoms with E-state index in [4.69, 9.17) is 9.47 Å². The molecule has 1 saturated carbocycles. The fourth-order valence-electron chi connectivity index (χ4n) is 2.87. The van der Waals surface area contributed by atoms with Crippen LogP contribution in [0.15, 0.2) is 24.3 Å². The van der Waals surface area contributed by atoms with Crippen LogP contribution in [0, 0.1) is 11.8 Å². The Hall–Kier alpha value is -2.28. The summed E-state index contributed by atoms with van der Waals surface area (Å²) in [6.45, 7) is 4.05. The van der Waals surface area contributed by atoms with Crippen molar-refractivity contribution in [3.63, 3.8) is 0 Å². The molecule has 0 radical (unpaired) electrons. The van der Waals surface area contributed by atoms with E-state index in [2.05, 4.69) is 14.8 Å². The number of ether oxygens (including phenoxy) is 2. The smallest absolute Gasteiger partial charge is 0.497 e. The lowest BCUT2D eigenvalue weighted by atomic mass is 9.81. The molecule has 1 aromatic rings. The summed E-state index contributed by atoms with van der Waals surface area (Å²) in [6, 6.07) is 6.18. The van der Waals surface area contributed by atoms with Crippen LogP contribution in [0.4, 0.5) is 4.79 Å². The van der Waals surface area contributed by atoms with Gasteiger partial charge in [-0.1, -0.05) is 20.3 Å². The van der Waals surface area contributed by atoms with Crippen molar-refractivity contribution in [3.8, 4) is 5.75 Å². The van der Waals surface area contributed by atoms with Crippen LogP contribution in [0.25, 0.3) is 0 Å². The summed E-state index contributed by atoms with van der Waals surface area (Å²) in [4.78, 5) is 32.1. The number of methoxy groups -OCH3 is 1. The van der Waals surface area contributed by atoms with Gasteiger partial charge in [0.1, 0.15) is 11.9 Å². The van der Waals surface area contributed by atoms with Crippen LogP contribution >= 0.6 is 0 Å². The fraction of sp³-hybridized carbons (Fsp3) is 0.529. The maximum absolute atomic E-state index is 11.7. The van der Waals surface area contributed by atoms with Gasteiger partial charge in [0.05, 0.1) is 17.7 Å². The maximum Gasteiger partial charge on any atom is 0.543 e. The predicted octanol–water partition coefficient (Wildman–Crippen LogP) is 3.68. The summed E-state index contributed by atoms with van der Waals surface area (Å²) in [5, 5.41) is 4.22. The third-order valence-electron chi connectivity index (χ3n) is 4.21. The summed E-state index contributed by atoms with van der Waals surface area (Å²) in [6.07, 6.45) is 1.86. The molecule has 1 aromatic carbocycles. The second-order valence-corrected chi connectivity index (χ2v) is 5.97. The third-order valence-corrected chi connectivity index (χ3v) is 4.21. The molecule has 7 nitrogen and oxygen atoms in total. The molecule has 0 bridgehead atoms. The summed E-state index contributed by atoms with van der Waals surface area (Å²) < 4.78 is 10.2. The van der Waals surface area contributed by atoms with Crippen LogP contribution in [-0.2, 0) is 19.6 Å². The SMILES string of the molecule is COc1ccc(C(=O)OOOC(=O)OC2C(C)CCCC2C)cc1. The molecule has 0 spiro atoms. The molecule has 2 rings (SSSR count). The molecule has 1 aliphatic rings. The van der Waals surface area contributed by atoms with Crippen molar-refractivity contribution < 1.29 is 33.9 Å². The number of carbonyl (C=O) groups is 2. The zero-order valence-electron chi connectivity index (χ0n) is 14.0. The normalized spacial score (nSPS) is 23.2. The van der Waals surface area contributed by atoms with Gasteiger partial charge in [-0.05, 0) is 48.9 Å². The Morgan fingerprint density at radius 3 is 2.21 bits per heavy atom. The van der Waals surface area contributed by atoms with Gasteiger partial charge in [0.25, 0.3) is 0 Å². The Balaban J connectivity index is 1.74. The Labute approximate surface area is 140 Å². The second kappa shape index (κ2) is 8.54. The number of benzene rings is 1. The first-order valence-electron chi connectivity index (χ1n) is 7.91. The number of rotatable bonds is 5. The van der Waals surface area contributed by atoms with Crippen molar-refractivity contribution in [2.45, 2.75) is 39.2 Å². The lowest BCUT2D eigenvalue weighted by Gasteiger charge is -2.32. The summed E-state index contributed by atoms with van der Waals surface area (Å²) in [5.74, 6) is 0.305. The first-order valence-corrected chi connectivity index (χ1v) is 7.91. The van der Waals surface area contributed by atoms with Gasteiger partial charge in [0.2, 0.25) is 0 Å². The monoisotopic (exact) mass is 338 g/mol. The van der Waals surface area contributed by atoms with Crippen molar-refractivity contribution in [1.82, 2.24) is 0 Å². The zero-order valence-corrected chi connectivity index (χ0v) is 14.0. The standard InChI is InChI=1S/C17H22O7/c1-11-5-4-6-12(2)15(11)21-17(19)23-24-22-16(18)13-7-9-14(20-3)10-8-13/h7-12,15H,4-6H2,1-3H3. The van der Waals surface area contributed by atoms with Crippen molar-refractivity contribution in [1.29, 1.82) is 0 Å². The van der Waals surface area contributed by atoms with Gasteiger partial charge < -0.3 is 9.47 Å². The van der Waals surface area contributed by atoms with E-state index in [1.807, 2.05) is 13.8 Å². The molecule has 24 heavy (non-hydrogen) atoms. The second-order valence-electron chi connectivity index (χ2n) is 5.97. The minimum Gasteiger partial charge on any atom is -0.497 e. The molecule has 2 atom stereocenters. The summed E-state index contributed by atoms with van der Waals surface area (Å²) >= 11 is 0. The molecule has 0 aromatic heterocycles. The van der Waals surface area contributed by atoms with E-state index in [-0.39, 0.29) is 23.5 Å². The van der Waals surface area contributed by atoms with Crippen molar-refractivity contribution in [3.05, 3.63) is 29.8 Å². The van der Waals surface area contributed by atoms with Crippen LogP contribution in [-0.4, -0.2) is 25.3 Å². The largest absolute Gasteiger partial charge is 0.543 e. The molecule has 7 heteroatoms. The summed E-state index contributed by atoms with van der Waals surface area (Å²) in [7, 11) is 1.52. The number of hydrogen-bond acceptors (Lipinski definition) is 7. The predicted molar refractivity (Wildman–Crippen MR) is 83.0 cm³/mol. The van der Waals surface area contributed by atoms with E-state index in [1.165, 1.54) is 19.2 Å². The average Bonchev–Trinajstić information content (AvgIpc) is 2.58. The highest BCUT2D eigenvalue weighted by atomic mass is 17.5. The Morgan fingerprint density at radius 1 is 1.00 bits per heavy atom. The van der Waals surface area contributed by atoms with Gasteiger partial charge in [-0.3, -0.25) is 4.89 Å². The van der Waals surface area contributed by atoms with Crippen LogP contribution in [0.3, 0.4) is 0 Å². The van der Waals surface area contributed by atoms with Crippen LogP contribution in [0.1, 0.15) is 43.5 Å². The molecule has 132 valence electrons. The minimum absolute atomic E-state index is 0.224. The van der Waals surface area contributed by atoms with Gasteiger partial charge in [-0.25, -0.2) is 14.5 Å². The van der Waals surface area contributed by atoms with E-state index in [0.29, 0.717) is 5.75 Å². The van der Waals surface area contributed by atoms with Crippen molar-refractivity contribution >= 4 is 12.1 Å². The highest BCUT2D eigenvalue weighted by Crippen LogP contribution is 2.31. The molecule has 0 heterocycles. The maximum atomic E-state index is 11.7. The summed E-state index contributed by atoms with van der Waals surface area (Å²) in [5.41, 5.74) is 0.224. The fourth-order valence-corrected chi connectivity index (χ4v) is 2.87. The first-order chi connectivity index (χ1) is 11.5. The zero-order chi connectivity index (χ0) is 17.5. The van der Waals surface area contributed by atoms with Gasteiger partial charge in [0, 0.05) is 0 Å². The minimum atomic E-state index is -1.02. The highest BCUT2D eigenvalue weighted by molar-refractivity contribution is 5.89. The van der Waals surface area contributed by atoms with Crippen LogP contribution < -0.4 is 4.74 Å². The molecular formula is C17H22O7. The van der Waals surface area contributed by atoms with Gasteiger partial charge in [-0.15, -0.1) is 0 Å². The average molecular weight is 338 g/mol. The Kier molecular flexibility index (Phi) is 6.43. The van der Waals surface area contributed by atoms with E-state index in [9.17, 15) is 9.59 Å². The molecule has 0 aliphatic heterocycles. The van der Waals surface area contributed by atoms with E-state index < -0.39 is 12.1 Å². The molecule has 0 amide bonds. The lowest BCUT2D eigenvalue weighted by Crippen LogP contribution is -2.35. The van der Waals surface area contributed by atoms with E-state index >= 15 is 0 Å². The molecule has 0 saturated heterocycles. The highest BCUT2D eigenvalue weighted by Gasteiger charge is 2.31. The topological polar surface area (TPSA) is 80.3 Å². The molecule has 1 fully saturated rings. The van der Waals surface area contributed by atoms with Gasteiger partial charge >= 0.3 is 12.1 Å². The van der Waals surface area contributed by atoms with Crippen LogP contribution in [0.2, 0.25) is 0 Å². The molecule has 0 N–H and O–H groups in total. The molecule has 1 aliphatic carbocycles. The van der Waals surface area contributed by atoms with Crippen molar-refractivity contribution in [2.75, 3.05) is 7.11 Å².